The van der Waals surface area contributed by atoms with Crippen LogP contribution in [-0.4, -0.2) is 11.0 Å². The molecule has 1 aromatic heterocycles. The minimum Gasteiger partial charge on any atom is -0.307 e. The highest BCUT2D eigenvalue weighted by atomic mass is 14.9. The summed E-state index contributed by atoms with van der Waals surface area (Å²) in [6.45, 7) is 4.57. The number of rotatable bonds is 4. The number of nitrogens with one attached hydrogen (secondary N) is 1. The smallest absolute Gasteiger partial charge is 0.0295 e. The van der Waals surface area contributed by atoms with E-state index in [1.807, 2.05) is 12.4 Å². The van der Waals surface area contributed by atoms with Crippen LogP contribution in [0.2, 0.25) is 0 Å². The van der Waals surface area contributed by atoms with E-state index in [-0.39, 0.29) is 0 Å². The second kappa shape index (κ2) is 6.15. The number of nitrogens with zero attached hydrogens (tertiary/aromatic N) is 1. The van der Waals surface area contributed by atoms with Gasteiger partial charge in [0, 0.05) is 24.5 Å². The molecule has 0 bridgehead atoms. The van der Waals surface area contributed by atoms with E-state index >= 15 is 0 Å². The summed E-state index contributed by atoms with van der Waals surface area (Å²) in [5.74, 6) is 0.936. The van der Waals surface area contributed by atoms with Gasteiger partial charge >= 0.3 is 0 Å². The molecule has 1 fully saturated rings. The number of hydrogen-bond donors (Lipinski definition) is 1. The molecular formula is C15H24N2. The molecule has 0 aliphatic heterocycles. The standard InChI is InChI=1S/C15H24N2/c1-3-13-5-4-6-15(11-13)17-12(2)14-7-9-16-10-8-14/h7-10,12-13,15,17H,3-6,11H2,1-2H3/t12-,13?,15?/m0/s1. The molecule has 0 amide bonds. The molecular weight excluding hydrogens is 208 g/mol. The Balaban J connectivity index is 1.88. The lowest BCUT2D eigenvalue weighted by Gasteiger charge is -2.31. The van der Waals surface area contributed by atoms with E-state index < -0.39 is 0 Å². The summed E-state index contributed by atoms with van der Waals surface area (Å²) in [4.78, 5) is 4.07. The predicted molar refractivity (Wildman–Crippen MR) is 71.8 cm³/mol. The number of pyridine rings is 1. The average Bonchev–Trinajstić information content (AvgIpc) is 2.40. The van der Waals surface area contributed by atoms with Gasteiger partial charge in [-0.1, -0.05) is 26.2 Å². The normalized spacial score (nSPS) is 26.7. The lowest BCUT2D eigenvalue weighted by Crippen LogP contribution is -2.35. The Hall–Kier alpha value is -0.890. The van der Waals surface area contributed by atoms with Crippen molar-refractivity contribution >= 4 is 0 Å². The SMILES string of the molecule is CCC1CCCC(N[C@@H](C)c2ccncc2)C1. The minimum absolute atomic E-state index is 0.443. The van der Waals surface area contributed by atoms with Crippen LogP contribution in [0, 0.1) is 5.92 Å². The number of aromatic nitrogens is 1. The lowest BCUT2D eigenvalue weighted by atomic mass is 9.84. The zero-order valence-electron chi connectivity index (χ0n) is 11.0. The van der Waals surface area contributed by atoms with Crippen LogP contribution in [0.15, 0.2) is 24.5 Å². The maximum absolute atomic E-state index is 4.07. The molecule has 0 spiro atoms. The monoisotopic (exact) mass is 232 g/mol. The van der Waals surface area contributed by atoms with E-state index in [9.17, 15) is 0 Å². The predicted octanol–water partition coefficient (Wildman–Crippen LogP) is 3.70. The molecule has 0 saturated heterocycles. The van der Waals surface area contributed by atoms with Crippen molar-refractivity contribution in [2.24, 2.45) is 5.92 Å². The second-order valence-corrected chi connectivity index (χ2v) is 5.31. The van der Waals surface area contributed by atoms with Gasteiger partial charge in [0.1, 0.15) is 0 Å². The van der Waals surface area contributed by atoms with Crippen LogP contribution in [0.5, 0.6) is 0 Å². The second-order valence-electron chi connectivity index (χ2n) is 5.31. The van der Waals surface area contributed by atoms with Gasteiger partial charge in [-0.05, 0) is 43.4 Å². The van der Waals surface area contributed by atoms with Crippen LogP contribution in [0.4, 0.5) is 0 Å². The molecule has 1 aliphatic rings. The quantitative estimate of drug-likeness (QED) is 0.856. The van der Waals surface area contributed by atoms with Crippen molar-refractivity contribution in [3.8, 4) is 0 Å². The summed E-state index contributed by atoms with van der Waals surface area (Å²) in [5, 5.41) is 3.77. The summed E-state index contributed by atoms with van der Waals surface area (Å²) >= 11 is 0. The van der Waals surface area contributed by atoms with Crippen LogP contribution in [0.25, 0.3) is 0 Å². The fourth-order valence-electron chi connectivity index (χ4n) is 2.92. The molecule has 17 heavy (non-hydrogen) atoms. The highest BCUT2D eigenvalue weighted by Gasteiger charge is 2.21. The summed E-state index contributed by atoms with van der Waals surface area (Å²) in [7, 11) is 0. The summed E-state index contributed by atoms with van der Waals surface area (Å²) in [6.07, 6.45) is 10.6. The first-order valence-corrected chi connectivity index (χ1v) is 6.95. The Morgan fingerprint density at radius 2 is 2.12 bits per heavy atom. The van der Waals surface area contributed by atoms with Crippen molar-refractivity contribution < 1.29 is 0 Å². The van der Waals surface area contributed by atoms with Gasteiger partial charge in [0.25, 0.3) is 0 Å². The van der Waals surface area contributed by atoms with E-state index in [2.05, 4.69) is 36.3 Å². The van der Waals surface area contributed by atoms with Crippen molar-refractivity contribution in [2.45, 2.75) is 58.0 Å². The third kappa shape index (κ3) is 3.53. The fourth-order valence-corrected chi connectivity index (χ4v) is 2.92. The molecule has 2 heteroatoms. The van der Waals surface area contributed by atoms with Crippen molar-refractivity contribution in [1.82, 2.24) is 10.3 Å². The molecule has 0 radical (unpaired) electrons. The van der Waals surface area contributed by atoms with Gasteiger partial charge in [-0.25, -0.2) is 0 Å². The summed E-state index contributed by atoms with van der Waals surface area (Å²) in [5.41, 5.74) is 1.35. The molecule has 2 rings (SSSR count). The van der Waals surface area contributed by atoms with E-state index in [4.69, 9.17) is 0 Å². The van der Waals surface area contributed by atoms with Gasteiger partial charge < -0.3 is 5.32 Å². The lowest BCUT2D eigenvalue weighted by molar-refractivity contribution is 0.266. The van der Waals surface area contributed by atoms with Gasteiger partial charge in [0.2, 0.25) is 0 Å². The summed E-state index contributed by atoms with van der Waals surface area (Å²) in [6, 6.07) is 5.37. The van der Waals surface area contributed by atoms with E-state index in [1.165, 1.54) is 37.7 Å². The Bertz CT molecular complexity index is 323. The molecule has 2 unspecified atom stereocenters. The third-order valence-corrected chi connectivity index (χ3v) is 4.05. The highest BCUT2D eigenvalue weighted by Crippen LogP contribution is 2.28. The molecule has 1 aromatic rings. The van der Waals surface area contributed by atoms with Crippen LogP contribution >= 0.6 is 0 Å². The highest BCUT2D eigenvalue weighted by molar-refractivity contribution is 5.14. The van der Waals surface area contributed by atoms with Gasteiger partial charge in [-0.3, -0.25) is 4.98 Å². The fraction of sp³-hybridized carbons (Fsp3) is 0.667. The van der Waals surface area contributed by atoms with Crippen molar-refractivity contribution in [3.63, 3.8) is 0 Å². The largest absolute Gasteiger partial charge is 0.307 e. The average molecular weight is 232 g/mol. The molecule has 0 aromatic carbocycles. The Kier molecular flexibility index (Phi) is 4.55. The first-order valence-electron chi connectivity index (χ1n) is 6.95. The van der Waals surface area contributed by atoms with Crippen LogP contribution in [0.3, 0.4) is 0 Å². The van der Waals surface area contributed by atoms with E-state index in [0.29, 0.717) is 12.1 Å². The van der Waals surface area contributed by atoms with Crippen LogP contribution < -0.4 is 5.32 Å². The van der Waals surface area contributed by atoms with Crippen LogP contribution in [-0.2, 0) is 0 Å². The summed E-state index contributed by atoms with van der Waals surface area (Å²) < 4.78 is 0. The molecule has 1 saturated carbocycles. The molecule has 1 N–H and O–H groups in total. The first kappa shape index (κ1) is 12.6. The molecule has 1 aliphatic carbocycles. The van der Waals surface area contributed by atoms with Crippen molar-refractivity contribution in [1.29, 1.82) is 0 Å². The van der Waals surface area contributed by atoms with E-state index in [1.54, 1.807) is 0 Å². The van der Waals surface area contributed by atoms with Crippen LogP contribution in [0.1, 0.15) is 57.6 Å². The van der Waals surface area contributed by atoms with Gasteiger partial charge in [0.05, 0.1) is 0 Å². The zero-order chi connectivity index (χ0) is 12.1. The Morgan fingerprint density at radius 3 is 2.82 bits per heavy atom. The molecule has 3 atom stereocenters. The third-order valence-electron chi connectivity index (χ3n) is 4.05. The number of hydrogen-bond acceptors (Lipinski definition) is 2. The Labute approximate surface area is 105 Å². The van der Waals surface area contributed by atoms with E-state index in [0.717, 1.165) is 5.92 Å². The Morgan fingerprint density at radius 1 is 1.35 bits per heavy atom. The van der Waals surface area contributed by atoms with Crippen molar-refractivity contribution in [3.05, 3.63) is 30.1 Å². The topological polar surface area (TPSA) is 24.9 Å². The van der Waals surface area contributed by atoms with Gasteiger partial charge in [-0.2, -0.15) is 0 Å². The zero-order valence-corrected chi connectivity index (χ0v) is 11.0. The van der Waals surface area contributed by atoms with Gasteiger partial charge in [0.15, 0.2) is 0 Å². The van der Waals surface area contributed by atoms with Crippen molar-refractivity contribution in [2.75, 3.05) is 0 Å². The first-order chi connectivity index (χ1) is 8.29. The molecule has 94 valence electrons. The minimum atomic E-state index is 0.443. The maximum Gasteiger partial charge on any atom is 0.0295 e. The maximum atomic E-state index is 4.07. The van der Waals surface area contributed by atoms with Gasteiger partial charge in [-0.15, -0.1) is 0 Å². The molecule has 1 heterocycles. The molecule has 2 nitrogen and oxygen atoms in total.